The van der Waals surface area contributed by atoms with Crippen molar-refractivity contribution in [3.8, 4) is 0 Å². The second-order valence-electron chi connectivity index (χ2n) is 3.75. The number of hydrogen-bond acceptors (Lipinski definition) is 3. The van der Waals surface area contributed by atoms with Crippen LogP contribution in [0.15, 0.2) is 12.1 Å². The largest absolute Gasteiger partial charge is 0.399 e. The third kappa shape index (κ3) is 3.62. The smallest absolute Gasteiger partial charge is 0.312 e. The van der Waals surface area contributed by atoms with Crippen LogP contribution in [0, 0.1) is 12.7 Å². The van der Waals surface area contributed by atoms with Gasteiger partial charge in [0.25, 0.3) is 5.91 Å². The minimum absolute atomic E-state index is 0.119. The van der Waals surface area contributed by atoms with E-state index in [0.717, 1.165) is 0 Å². The highest BCUT2D eigenvalue weighted by Gasteiger charge is 2.14. The van der Waals surface area contributed by atoms with Crippen molar-refractivity contribution in [1.82, 2.24) is 10.6 Å². The normalized spacial score (nSPS) is 9.89. The molecule has 6 nitrogen and oxygen atoms in total. The first-order valence-corrected chi connectivity index (χ1v) is 5.29. The van der Waals surface area contributed by atoms with Crippen molar-refractivity contribution in [3.05, 3.63) is 29.1 Å². The van der Waals surface area contributed by atoms with Crippen molar-refractivity contribution in [2.75, 3.05) is 18.8 Å². The topological polar surface area (TPSA) is 110 Å². The van der Waals surface area contributed by atoms with Crippen LogP contribution in [0.1, 0.15) is 15.9 Å². The zero-order chi connectivity index (χ0) is 13.7. The number of primary amides is 1. The Morgan fingerprint density at radius 2 is 1.89 bits per heavy atom. The average Bonchev–Trinajstić information content (AvgIpc) is 2.28. The average molecular weight is 254 g/mol. The molecule has 0 unspecified atom stereocenters. The maximum Gasteiger partial charge on any atom is 0.312 e. The van der Waals surface area contributed by atoms with E-state index in [1.807, 2.05) is 0 Å². The monoisotopic (exact) mass is 254 g/mol. The van der Waals surface area contributed by atoms with Gasteiger partial charge in [0, 0.05) is 18.8 Å². The molecule has 3 amide bonds. The van der Waals surface area contributed by atoms with Crippen LogP contribution in [0.3, 0.4) is 0 Å². The van der Waals surface area contributed by atoms with E-state index in [4.69, 9.17) is 11.5 Å². The molecule has 0 aliphatic carbocycles. The molecule has 1 aromatic rings. The molecule has 0 aromatic heterocycles. The van der Waals surface area contributed by atoms with Gasteiger partial charge >= 0.3 is 6.03 Å². The van der Waals surface area contributed by atoms with Crippen molar-refractivity contribution in [2.45, 2.75) is 6.92 Å². The van der Waals surface area contributed by atoms with Crippen LogP contribution < -0.4 is 22.1 Å². The second kappa shape index (κ2) is 5.85. The first-order valence-electron chi connectivity index (χ1n) is 5.29. The van der Waals surface area contributed by atoms with E-state index >= 15 is 0 Å². The Morgan fingerprint density at radius 3 is 2.50 bits per heavy atom. The van der Waals surface area contributed by atoms with Crippen LogP contribution in [0.2, 0.25) is 0 Å². The number of rotatable bonds is 4. The third-order valence-corrected chi connectivity index (χ3v) is 2.23. The van der Waals surface area contributed by atoms with Gasteiger partial charge in [0.2, 0.25) is 0 Å². The number of carbonyl (C=O) groups is 2. The van der Waals surface area contributed by atoms with Gasteiger partial charge in [-0.05, 0) is 24.6 Å². The summed E-state index contributed by atoms with van der Waals surface area (Å²) in [4.78, 5) is 22.0. The lowest BCUT2D eigenvalue weighted by molar-refractivity contribution is 0.0949. The molecule has 0 bridgehead atoms. The summed E-state index contributed by atoms with van der Waals surface area (Å²) in [6.45, 7) is 1.84. The molecule has 6 N–H and O–H groups in total. The Bertz CT molecular complexity index is 476. The molecule has 0 aliphatic rings. The van der Waals surface area contributed by atoms with Gasteiger partial charge in [0.15, 0.2) is 0 Å². The van der Waals surface area contributed by atoms with Gasteiger partial charge in [-0.15, -0.1) is 0 Å². The molecule has 0 fully saturated rings. The van der Waals surface area contributed by atoms with Crippen LogP contribution in [0.5, 0.6) is 0 Å². The molecule has 1 aromatic carbocycles. The number of hydrogen-bond donors (Lipinski definition) is 4. The number of nitrogens with one attached hydrogen (secondary N) is 2. The number of carbonyl (C=O) groups excluding carboxylic acids is 2. The Hall–Kier alpha value is -2.31. The molecule has 0 saturated heterocycles. The Morgan fingerprint density at radius 1 is 1.28 bits per heavy atom. The van der Waals surface area contributed by atoms with Crippen LogP contribution in [-0.2, 0) is 0 Å². The highest BCUT2D eigenvalue weighted by atomic mass is 19.1. The fourth-order valence-electron chi connectivity index (χ4n) is 1.42. The first-order chi connectivity index (χ1) is 8.41. The van der Waals surface area contributed by atoms with E-state index < -0.39 is 17.8 Å². The molecule has 0 saturated carbocycles. The fraction of sp³-hybridized carbons (Fsp3) is 0.273. The van der Waals surface area contributed by atoms with Crippen molar-refractivity contribution < 1.29 is 14.0 Å². The molecule has 18 heavy (non-hydrogen) atoms. The van der Waals surface area contributed by atoms with Crippen molar-refractivity contribution in [1.29, 1.82) is 0 Å². The summed E-state index contributed by atoms with van der Waals surface area (Å²) in [6, 6.07) is 2.02. The lowest BCUT2D eigenvalue weighted by Gasteiger charge is -2.08. The van der Waals surface area contributed by atoms with Crippen LogP contribution in [-0.4, -0.2) is 25.0 Å². The minimum Gasteiger partial charge on any atom is -0.399 e. The van der Waals surface area contributed by atoms with Gasteiger partial charge in [-0.3, -0.25) is 4.79 Å². The van der Waals surface area contributed by atoms with Gasteiger partial charge < -0.3 is 22.1 Å². The van der Waals surface area contributed by atoms with Crippen LogP contribution in [0.4, 0.5) is 14.9 Å². The fourth-order valence-corrected chi connectivity index (χ4v) is 1.42. The molecule has 1 rings (SSSR count). The number of anilines is 1. The molecule has 0 atom stereocenters. The number of benzene rings is 1. The summed E-state index contributed by atoms with van der Waals surface area (Å²) in [5.74, 6) is -1.20. The van der Waals surface area contributed by atoms with E-state index in [-0.39, 0.29) is 18.7 Å². The Balaban J connectivity index is 2.64. The summed E-state index contributed by atoms with van der Waals surface area (Å²) >= 11 is 0. The van der Waals surface area contributed by atoms with Gasteiger partial charge in [0.05, 0.1) is 5.56 Å². The van der Waals surface area contributed by atoms with Gasteiger partial charge in [-0.1, -0.05) is 0 Å². The maximum atomic E-state index is 13.7. The SMILES string of the molecule is Cc1cc(N)cc(C(=O)NCCNC(N)=O)c1F. The van der Waals surface area contributed by atoms with Crippen molar-refractivity contribution in [2.24, 2.45) is 5.73 Å². The molecule has 0 aliphatic heterocycles. The van der Waals surface area contributed by atoms with E-state index in [2.05, 4.69) is 10.6 Å². The summed E-state index contributed by atoms with van der Waals surface area (Å²) < 4.78 is 13.7. The second-order valence-corrected chi connectivity index (χ2v) is 3.75. The highest BCUT2D eigenvalue weighted by Crippen LogP contribution is 2.16. The quantitative estimate of drug-likeness (QED) is 0.452. The summed E-state index contributed by atoms with van der Waals surface area (Å²) in [5.41, 5.74) is 10.9. The zero-order valence-corrected chi connectivity index (χ0v) is 9.92. The molecule has 7 heteroatoms. The minimum atomic E-state index is -0.685. The van der Waals surface area contributed by atoms with Crippen LogP contribution in [0.25, 0.3) is 0 Å². The first kappa shape index (κ1) is 13.8. The number of urea groups is 1. The summed E-state index contributed by atoms with van der Waals surface area (Å²) in [6.07, 6.45) is 0. The van der Waals surface area contributed by atoms with Gasteiger partial charge in [-0.2, -0.15) is 0 Å². The lowest BCUT2D eigenvalue weighted by Crippen LogP contribution is -2.37. The molecule has 98 valence electrons. The maximum absolute atomic E-state index is 13.7. The third-order valence-electron chi connectivity index (χ3n) is 2.23. The lowest BCUT2D eigenvalue weighted by atomic mass is 10.1. The number of halogens is 1. The summed E-state index contributed by atoms with van der Waals surface area (Å²) in [5, 5.41) is 4.74. The van der Waals surface area contributed by atoms with Crippen LogP contribution >= 0.6 is 0 Å². The van der Waals surface area contributed by atoms with E-state index in [9.17, 15) is 14.0 Å². The highest BCUT2D eigenvalue weighted by molar-refractivity contribution is 5.95. The number of amides is 3. The van der Waals surface area contributed by atoms with E-state index in [1.165, 1.54) is 19.1 Å². The molecular formula is C11H15FN4O2. The number of nitrogens with two attached hydrogens (primary N) is 2. The van der Waals surface area contributed by atoms with E-state index in [1.54, 1.807) is 0 Å². The van der Waals surface area contributed by atoms with Crippen molar-refractivity contribution in [3.63, 3.8) is 0 Å². The molecule has 0 heterocycles. The predicted octanol–water partition coefficient (Wildman–Crippen LogP) is 0.114. The van der Waals surface area contributed by atoms with E-state index in [0.29, 0.717) is 11.3 Å². The molecule has 0 spiro atoms. The van der Waals surface area contributed by atoms with Gasteiger partial charge in [-0.25, -0.2) is 9.18 Å². The molecular weight excluding hydrogens is 239 g/mol. The van der Waals surface area contributed by atoms with Gasteiger partial charge in [0.1, 0.15) is 5.82 Å². The Kier molecular flexibility index (Phi) is 4.47. The van der Waals surface area contributed by atoms with Crippen molar-refractivity contribution >= 4 is 17.6 Å². The summed E-state index contributed by atoms with van der Waals surface area (Å²) in [7, 11) is 0. The predicted molar refractivity (Wildman–Crippen MR) is 65.5 cm³/mol. The Labute approximate surface area is 104 Å². The number of aryl methyl sites for hydroxylation is 1. The molecule has 0 radical (unpaired) electrons. The number of nitrogen functional groups attached to an aromatic ring is 1. The zero-order valence-electron chi connectivity index (χ0n) is 9.92. The standard InChI is InChI=1S/C11H15FN4O2/c1-6-4-7(13)5-8(9(6)12)10(17)15-2-3-16-11(14)18/h4-5H,2-3,13H2,1H3,(H,15,17)(H3,14,16,18).